The van der Waals surface area contributed by atoms with Gasteiger partial charge in [0.1, 0.15) is 5.78 Å². The Balaban J connectivity index is 2.68. The highest BCUT2D eigenvalue weighted by Gasteiger charge is 2.42. The van der Waals surface area contributed by atoms with Gasteiger partial charge in [-0.2, -0.15) is 0 Å². The van der Waals surface area contributed by atoms with E-state index in [0.29, 0.717) is 6.54 Å². The van der Waals surface area contributed by atoms with Gasteiger partial charge in [-0.15, -0.1) is 0 Å². The monoisotopic (exact) mass is 240 g/mol. The van der Waals surface area contributed by atoms with Crippen molar-refractivity contribution in [3.8, 4) is 0 Å². The highest BCUT2D eigenvalue weighted by Crippen LogP contribution is 2.40. The topological polar surface area (TPSA) is 64.3 Å². The van der Waals surface area contributed by atoms with Crippen molar-refractivity contribution < 1.29 is 9.63 Å². The number of carbonyl (C=O) groups excluding carboxylic acids is 1. The molecule has 0 amide bonds. The molecule has 2 atom stereocenters. The van der Waals surface area contributed by atoms with Gasteiger partial charge in [-0.25, -0.2) is 5.90 Å². The molecule has 2 unspecified atom stereocenters. The molecule has 0 aromatic carbocycles. The fourth-order valence-corrected chi connectivity index (χ4v) is 2.17. The summed E-state index contributed by atoms with van der Waals surface area (Å²) in [4.78, 5) is 16.6. The largest absolute Gasteiger partial charge is 0.305 e. The van der Waals surface area contributed by atoms with Crippen LogP contribution in [0.4, 0.5) is 0 Å². The Labute approximate surface area is 104 Å². The number of hydrogen-bond acceptors (Lipinski definition) is 4. The van der Waals surface area contributed by atoms with Crippen LogP contribution in [0.25, 0.3) is 0 Å². The van der Waals surface area contributed by atoms with Crippen LogP contribution in [0.2, 0.25) is 0 Å². The Morgan fingerprint density at radius 2 is 2.29 bits per heavy atom. The molecular weight excluding hydrogens is 216 g/mol. The number of nitrogens with two attached hydrogens (primary N) is 1. The minimum absolute atomic E-state index is 0.122. The molecular formula is C13H24N2O2. The second-order valence-corrected chi connectivity index (χ2v) is 5.70. The molecule has 0 saturated heterocycles. The summed E-state index contributed by atoms with van der Waals surface area (Å²) in [6.45, 7) is 12.1. The van der Waals surface area contributed by atoms with Gasteiger partial charge in [-0.05, 0) is 40.5 Å². The van der Waals surface area contributed by atoms with Crippen molar-refractivity contribution in [2.45, 2.75) is 51.7 Å². The van der Waals surface area contributed by atoms with E-state index in [2.05, 4.69) is 11.9 Å². The van der Waals surface area contributed by atoms with Crippen LogP contribution in [0.5, 0.6) is 0 Å². The average molecular weight is 240 g/mol. The van der Waals surface area contributed by atoms with E-state index < -0.39 is 5.54 Å². The molecule has 0 spiro atoms. The smallest absolute Gasteiger partial charge is 0.149 e. The van der Waals surface area contributed by atoms with Crippen molar-refractivity contribution in [1.29, 1.82) is 0 Å². The second-order valence-electron chi connectivity index (χ2n) is 5.70. The Hall–Kier alpha value is -0.710. The van der Waals surface area contributed by atoms with Gasteiger partial charge in [0, 0.05) is 12.5 Å². The molecule has 0 aromatic rings. The standard InChI is InChI=1S/C13H24N2O2/c1-9-6-7-13(5,17-14)11(9)8-15-12(3,4)10(2)16/h11,15H,1,6-8,14H2,2-5H3. The lowest BCUT2D eigenvalue weighted by Crippen LogP contribution is -2.50. The van der Waals surface area contributed by atoms with Crippen LogP contribution in [-0.4, -0.2) is 23.5 Å². The molecule has 4 nitrogen and oxygen atoms in total. The zero-order chi connectivity index (χ0) is 13.3. The highest BCUT2D eigenvalue weighted by molar-refractivity contribution is 5.85. The van der Waals surface area contributed by atoms with Gasteiger partial charge >= 0.3 is 0 Å². The summed E-state index contributed by atoms with van der Waals surface area (Å²) in [5, 5.41) is 3.27. The number of ketones is 1. The number of carbonyl (C=O) groups is 1. The van der Waals surface area contributed by atoms with Crippen LogP contribution in [0.15, 0.2) is 12.2 Å². The van der Waals surface area contributed by atoms with Gasteiger partial charge in [0.05, 0.1) is 11.1 Å². The van der Waals surface area contributed by atoms with Crippen molar-refractivity contribution in [1.82, 2.24) is 5.32 Å². The number of hydrogen-bond donors (Lipinski definition) is 2. The van der Waals surface area contributed by atoms with E-state index in [9.17, 15) is 4.79 Å². The summed E-state index contributed by atoms with van der Waals surface area (Å²) in [6, 6.07) is 0. The predicted octanol–water partition coefficient (Wildman–Crippen LogP) is 1.56. The summed E-state index contributed by atoms with van der Waals surface area (Å²) in [7, 11) is 0. The van der Waals surface area contributed by atoms with Gasteiger partial charge in [0.25, 0.3) is 0 Å². The first-order chi connectivity index (χ1) is 7.73. The van der Waals surface area contributed by atoms with Crippen molar-refractivity contribution >= 4 is 5.78 Å². The van der Waals surface area contributed by atoms with E-state index in [0.717, 1.165) is 18.4 Å². The maximum atomic E-state index is 11.4. The third kappa shape index (κ3) is 2.94. The predicted molar refractivity (Wildman–Crippen MR) is 68.3 cm³/mol. The van der Waals surface area contributed by atoms with Gasteiger partial charge in [-0.1, -0.05) is 12.2 Å². The maximum Gasteiger partial charge on any atom is 0.149 e. The van der Waals surface area contributed by atoms with Crippen molar-refractivity contribution in [2.24, 2.45) is 11.8 Å². The number of rotatable bonds is 5. The minimum atomic E-state index is -0.515. The number of nitrogens with one attached hydrogen (secondary N) is 1. The molecule has 98 valence electrons. The molecule has 0 heterocycles. The Morgan fingerprint density at radius 1 is 1.71 bits per heavy atom. The number of Topliss-reactive ketones (excluding diaryl/α,β-unsaturated/α-hetero) is 1. The Kier molecular flexibility index (Phi) is 4.12. The maximum absolute atomic E-state index is 11.4. The molecule has 4 heteroatoms. The molecule has 0 radical (unpaired) electrons. The van der Waals surface area contributed by atoms with Crippen LogP contribution in [0.3, 0.4) is 0 Å². The van der Waals surface area contributed by atoms with Crippen LogP contribution in [0.1, 0.15) is 40.5 Å². The first kappa shape index (κ1) is 14.4. The normalized spacial score (nSPS) is 29.7. The lowest BCUT2D eigenvalue weighted by Gasteiger charge is -2.33. The molecule has 1 aliphatic rings. The lowest BCUT2D eigenvalue weighted by atomic mass is 9.89. The minimum Gasteiger partial charge on any atom is -0.305 e. The third-order valence-electron chi connectivity index (χ3n) is 4.07. The van der Waals surface area contributed by atoms with Crippen LogP contribution in [-0.2, 0) is 9.63 Å². The molecule has 0 bridgehead atoms. The van der Waals surface area contributed by atoms with E-state index in [-0.39, 0.29) is 17.3 Å². The van der Waals surface area contributed by atoms with Crippen molar-refractivity contribution in [2.75, 3.05) is 6.54 Å². The van der Waals surface area contributed by atoms with Crippen molar-refractivity contribution in [3.05, 3.63) is 12.2 Å². The Bertz CT molecular complexity index is 325. The van der Waals surface area contributed by atoms with Gasteiger partial charge in [-0.3, -0.25) is 9.63 Å². The SMILES string of the molecule is C=C1CCC(C)(ON)C1CNC(C)(C)C(C)=O. The molecule has 0 aliphatic heterocycles. The zero-order valence-corrected chi connectivity index (χ0v) is 11.3. The molecule has 17 heavy (non-hydrogen) atoms. The average Bonchev–Trinajstić information content (AvgIpc) is 2.53. The molecule has 1 rings (SSSR count). The lowest BCUT2D eigenvalue weighted by molar-refractivity contribution is -0.122. The summed E-state index contributed by atoms with van der Waals surface area (Å²) in [5.41, 5.74) is 0.264. The summed E-state index contributed by atoms with van der Waals surface area (Å²) in [5.74, 6) is 5.66. The first-order valence-corrected chi connectivity index (χ1v) is 6.04. The van der Waals surface area contributed by atoms with Gasteiger partial charge in [0.2, 0.25) is 0 Å². The summed E-state index contributed by atoms with van der Waals surface area (Å²) in [6.07, 6.45) is 1.82. The van der Waals surface area contributed by atoms with Crippen LogP contribution < -0.4 is 11.2 Å². The quantitative estimate of drug-likeness (QED) is 0.565. The highest BCUT2D eigenvalue weighted by atomic mass is 16.6. The molecule has 0 aromatic heterocycles. The molecule has 3 N–H and O–H groups in total. The van der Waals surface area contributed by atoms with E-state index in [1.165, 1.54) is 0 Å². The van der Waals surface area contributed by atoms with Gasteiger partial charge in [0.15, 0.2) is 0 Å². The van der Waals surface area contributed by atoms with Crippen molar-refractivity contribution in [3.63, 3.8) is 0 Å². The van der Waals surface area contributed by atoms with Crippen LogP contribution >= 0.6 is 0 Å². The second kappa shape index (κ2) is 4.88. The van der Waals surface area contributed by atoms with Gasteiger partial charge < -0.3 is 5.32 Å². The van der Waals surface area contributed by atoms with E-state index >= 15 is 0 Å². The summed E-state index contributed by atoms with van der Waals surface area (Å²) >= 11 is 0. The van der Waals surface area contributed by atoms with E-state index in [1.54, 1.807) is 6.92 Å². The van der Waals surface area contributed by atoms with Crippen LogP contribution in [0, 0.1) is 5.92 Å². The first-order valence-electron chi connectivity index (χ1n) is 6.04. The fourth-order valence-electron chi connectivity index (χ4n) is 2.17. The van der Waals surface area contributed by atoms with E-state index in [1.807, 2.05) is 20.8 Å². The molecule has 1 saturated carbocycles. The molecule has 1 aliphatic carbocycles. The zero-order valence-electron chi connectivity index (χ0n) is 11.3. The fraction of sp³-hybridized carbons (Fsp3) is 0.769. The van der Waals surface area contributed by atoms with E-state index in [4.69, 9.17) is 10.7 Å². The molecule has 1 fully saturated rings. The third-order valence-corrected chi connectivity index (χ3v) is 4.07. The summed E-state index contributed by atoms with van der Waals surface area (Å²) < 4.78 is 0. The Morgan fingerprint density at radius 3 is 2.76 bits per heavy atom.